The van der Waals surface area contributed by atoms with Crippen molar-refractivity contribution >= 4 is 16.6 Å². The van der Waals surface area contributed by atoms with Crippen LogP contribution in [0.2, 0.25) is 0 Å². The van der Waals surface area contributed by atoms with Gasteiger partial charge in [0.2, 0.25) is 5.56 Å². The fourth-order valence-electron chi connectivity index (χ4n) is 3.44. The molecule has 7 heteroatoms. The molecule has 2 N–H and O–H groups in total. The van der Waals surface area contributed by atoms with E-state index >= 15 is 0 Å². The Balaban J connectivity index is 1.59. The number of halogens is 1. The number of H-pyrrole nitrogens is 1. The van der Waals surface area contributed by atoms with Crippen LogP contribution in [0.1, 0.15) is 11.6 Å². The van der Waals surface area contributed by atoms with Crippen LogP contribution in [-0.2, 0) is 4.74 Å². The summed E-state index contributed by atoms with van der Waals surface area (Å²) in [5.74, 6) is -0.346. The van der Waals surface area contributed by atoms with Crippen LogP contribution in [0.5, 0.6) is 0 Å². The van der Waals surface area contributed by atoms with Gasteiger partial charge in [-0.05, 0) is 29.8 Å². The maximum atomic E-state index is 14.5. The van der Waals surface area contributed by atoms with Gasteiger partial charge in [-0.15, -0.1) is 0 Å². The lowest BCUT2D eigenvalue weighted by Gasteiger charge is -2.35. The number of benzene rings is 1. The molecule has 0 aliphatic carbocycles. The fourth-order valence-corrected chi connectivity index (χ4v) is 3.44. The standard InChI is InChI=1S/C20H21FN4O2/c21-16-10-14-3-4-20(26)24-17(14)11-18(16)23-13-19(15-2-1-5-22-12-15)25-6-8-27-9-7-25/h1-5,10-12,19,23H,6-9,13H2,(H,24,26). The largest absolute Gasteiger partial charge is 0.381 e. The highest BCUT2D eigenvalue weighted by atomic mass is 19.1. The lowest BCUT2D eigenvalue weighted by atomic mass is 10.1. The molecule has 0 radical (unpaired) electrons. The van der Waals surface area contributed by atoms with Gasteiger partial charge in [0.25, 0.3) is 0 Å². The van der Waals surface area contributed by atoms with E-state index in [1.54, 1.807) is 18.3 Å². The summed E-state index contributed by atoms with van der Waals surface area (Å²) in [6.45, 7) is 3.51. The molecule has 1 atom stereocenters. The number of aromatic nitrogens is 2. The Bertz CT molecular complexity index is 971. The average Bonchev–Trinajstić information content (AvgIpc) is 2.70. The first-order valence-corrected chi connectivity index (χ1v) is 8.99. The van der Waals surface area contributed by atoms with Gasteiger partial charge in [0.05, 0.1) is 30.5 Å². The Hall–Kier alpha value is -2.77. The third-order valence-electron chi connectivity index (χ3n) is 4.85. The monoisotopic (exact) mass is 368 g/mol. The molecule has 1 saturated heterocycles. The number of morpholine rings is 1. The first-order valence-electron chi connectivity index (χ1n) is 8.99. The lowest BCUT2D eigenvalue weighted by molar-refractivity contribution is 0.0186. The Morgan fingerprint density at radius 2 is 2.11 bits per heavy atom. The number of anilines is 1. The van der Waals surface area contributed by atoms with Crippen molar-refractivity contribution < 1.29 is 9.13 Å². The van der Waals surface area contributed by atoms with Crippen molar-refractivity contribution in [1.29, 1.82) is 0 Å². The van der Waals surface area contributed by atoms with Crippen LogP contribution in [0.3, 0.4) is 0 Å². The molecule has 1 aliphatic rings. The van der Waals surface area contributed by atoms with Gasteiger partial charge in [0.1, 0.15) is 5.82 Å². The van der Waals surface area contributed by atoms with E-state index in [2.05, 4.69) is 20.2 Å². The minimum atomic E-state index is -0.346. The number of rotatable bonds is 5. The van der Waals surface area contributed by atoms with Crippen molar-refractivity contribution in [2.75, 3.05) is 38.2 Å². The van der Waals surface area contributed by atoms with Crippen LogP contribution in [0.4, 0.5) is 10.1 Å². The van der Waals surface area contributed by atoms with Crippen LogP contribution in [-0.4, -0.2) is 47.7 Å². The smallest absolute Gasteiger partial charge is 0.248 e. The summed E-state index contributed by atoms with van der Waals surface area (Å²) in [6, 6.07) is 10.1. The van der Waals surface area contributed by atoms with Gasteiger partial charge in [0, 0.05) is 43.5 Å². The van der Waals surface area contributed by atoms with Crippen molar-refractivity contribution in [2.45, 2.75) is 6.04 Å². The van der Waals surface area contributed by atoms with Crippen molar-refractivity contribution in [3.63, 3.8) is 0 Å². The molecule has 140 valence electrons. The number of pyridine rings is 2. The van der Waals surface area contributed by atoms with E-state index in [0.717, 1.165) is 18.7 Å². The zero-order chi connectivity index (χ0) is 18.6. The van der Waals surface area contributed by atoms with Gasteiger partial charge in [-0.25, -0.2) is 4.39 Å². The van der Waals surface area contributed by atoms with Crippen molar-refractivity contribution in [3.05, 3.63) is 70.5 Å². The Labute approximate surface area is 156 Å². The number of aromatic amines is 1. The maximum absolute atomic E-state index is 14.5. The average molecular weight is 368 g/mol. The highest BCUT2D eigenvalue weighted by Crippen LogP contribution is 2.25. The molecule has 1 fully saturated rings. The summed E-state index contributed by atoms with van der Waals surface area (Å²) in [5, 5.41) is 3.87. The molecule has 6 nitrogen and oxygen atoms in total. The second kappa shape index (κ2) is 7.85. The second-order valence-corrected chi connectivity index (χ2v) is 6.57. The third kappa shape index (κ3) is 3.99. The zero-order valence-electron chi connectivity index (χ0n) is 14.8. The first-order chi connectivity index (χ1) is 13.2. The molecule has 0 bridgehead atoms. The second-order valence-electron chi connectivity index (χ2n) is 6.57. The molecule has 0 amide bonds. The van der Waals surface area contributed by atoms with Gasteiger partial charge in [0.15, 0.2) is 0 Å². The molecule has 3 heterocycles. The topological polar surface area (TPSA) is 70.2 Å². The van der Waals surface area contributed by atoms with E-state index in [-0.39, 0.29) is 17.4 Å². The predicted molar refractivity (Wildman–Crippen MR) is 102 cm³/mol. The summed E-state index contributed by atoms with van der Waals surface area (Å²) in [4.78, 5) is 20.8. The molecule has 0 spiro atoms. The fraction of sp³-hybridized carbons (Fsp3) is 0.300. The van der Waals surface area contributed by atoms with Crippen molar-refractivity contribution in [1.82, 2.24) is 14.9 Å². The SMILES string of the molecule is O=c1ccc2cc(F)c(NCC(c3cccnc3)N3CCOCC3)cc2[nH]1. The minimum Gasteiger partial charge on any atom is -0.381 e. The van der Waals surface area contributed by atoms with Crippen LogP contribution >= 0.6 is 0 Å². The summed E-state index contributed by atoms with van der Waals surface area (Å²) in [7, 11) is 0. The van der Waals surface area contributed by atoms with E-state index in [1.807, 2.05) is 18.3 Å². The molecule has 2 aromatic heterocycles. The molecule has 0 saturated carbocycles. The number of ether oxygens (including phenoxy) is 1. The highest BCUT2D eigenvalue weighted by molar-refractivity contribution is 5.82. The highest BCUT2D eigenvalue weighted by Gasteiger charge is 2.23. The van der Waals surface area contributed by atoms with Gasteiger partial charge in [-0.3, -0.25) is 14.7 Å². The summed E-state index contributed by atoms with van der Waals surface area (Å²) >= 11 is 0. The first kappa shape index (κ1) is 17.6. The van der Waals surface area contributed by atoms with E-state index in [4.69, 9.17) is 4.74 Å². The predicted octanol–water partition coefficient (Wildman–Crippen LogP) is 2.55. The number of nitrogens with zero attached hydrogens (tertiary/aromatic N) is 2. The minimum absolute atomic E-state index is 0.0486. The molecule has 27 heavy (non-hydrogen) atoms. The van der Waals surface area contributed by atoms with Gasteiger partial charge >= 0.3 is 0 Å². The van der Waals surface area contributed by atoms with Crippen LogP contribution in [0, 0.1) is 5.82 Å². The lowest BCUT2D eigenvalue weighted by Crippen LogP contribution is -2.41. The van der Waals surface area contributed by atoms with E-state index in [9.17, 15) is 9.18 Å². The van der Waals surface area contributed by atoms with Crippen LogP contribution < -0.4 is 10.9 Å². The third-order valence-corrected chi connectivity index (χ3v) is 4.85. The normalized spacial score (nSPS) is 16.3. The van der Waals surface area contributed by atoms with Gasteiger partial charge in [-0.2, -0.15) is 0 Å². The summed E-state index contributed by atoms with van der Waals surface area (Å²) < 4.78 is 20.0. The molecule has 1 aromatic carbocycles. The maximum Gasteiger partial charge on any atom is 0.248 e. The molecule has 1 unspecified atom stereocenters. The molecular formula is C20H21FN4O2. The molecule has 3 aromatic rings. The van der Waals surface area contributed by atoms with Crippen molar-refractivity contribution in [2.24, 2.45) is 0 Å². The van der Waals surface area contributed by atoms with Crippen LogP contribution in [0.15, 0.2) is 53.6 Å². The quantitative estimate of drug-likeness (QED) is 0.724. The Kier molecular flexibility index (Phi) is 5.13. The van der Waals surface area contributed by atoms with E-state index < -0.39 is 0 Å². The Morgan fingerprint density at radius 1 is 1.26 bits per heavy atom. The molecule has 4 rings (SSSR count). The number of hydrogen-bond donors (Lipinski definition) is 2. The summed E-state index contributed by atoms with van der Waals surface area (Å²) in [5.41, 5.74) is 1.84. The van der Waals surface area contributed by atoms with Gasteiger partial charge in [-0.1, -0.05) is 6.07 Å². The summed E-state index contributed by atoms with van der Waals surface area (Å²) in [6.07, 6.45) is 3.59. The zero-order valence-corrected chi connectivity index (χ0v) is 14.8. The number of fused-ring (bicyclic) bond motifs is 1. The Morgan fingerprint density at radius 3 is 2.89 bits per heavy atom. The van der Waals surface area contributed by atoms with E-state index in [0.29, 0.717) is 36.3 Å². The van der Waals surface area contributed by atoms with E-state index in [1.165, 1.54) is 12.1 Å². The molecular weight excluding hydrogens is 347 g/mol. The molecule has 1 aliphatic heterocycles. The van der Waals surface area contributed by atoms with Gasteiger partial charge < -0.3 is 15.0 Å². The van der Waals surface area contributed by atoms with Crippen LogP contribution in [0.25, 0.3) is 10.9 Å². The van der Waals surface area contributed by atoms with Crippen molar-refractivity contribution in [3.8, 4) is 0 Å². The number of nitrogens with one attached hydrogen (secondary N) is 2. The number of hydrogen-bond acceptors (Lipinski definition) is 5.